The molecule has 4 aliphatic rings. The molecule has 0 spiro atoms. The number of allylic oxidation sites excluding steroid dienone is 4. The first-order valence-electron chi connectivity index (χ1n) is 9.96. The second kappa shape index (κ2) is 5.92. The van der Waals surface area contributed by atoms with Crippen LogP contribution in [-0.4, -0.2) is 40.3 Å². The Balaban J connectivity index is 1.85. The smallest absolute Gasteiger partial charge is 0.372 e. The van der Waals surface area contributed by atoms with Crippen molar-refractivity contribution in [3.63, 3.8) is 0 Å². The molecule has 3 fully saturated rings. The molecule has 29 heavy (non-hydrogen) atoms. The molecule has 4 aliphatic carbocycles. The molecule has 1 N–H and O–H groups in total. The SMILES string of the molecule is C[C@@H]1C[C@H]2[C@@H]3C[C@H](F)C4=CC(=O)C=C[C@]4(C)[C@@]3(F)C(=O)C[C@]2(C)[C@H]1C(=O)C(=O)O. The lowest BCUT2D eigenvalue weighted by Gasteiger charge is -2.59. The van der Waals surface area contributed by atoms with Crippen LogP contribution in [-0.2, 0) is 19.2 Å². The Bertz CT molecular complexity index is 907. The summed E-state index contributed by atoms with van der Waals surface area (Å²) in [6.45, 7) is 4.87. The number of carboxylic acids is 1. The van der Waals surface area contributed by atoms with Crippen molar-refractivity contribution in [2.24, 2.45) is 34.5 Å². The van der Waals surface area contributed by atoms with E-state index in [2.05, 4.69) is 0 Å². The van der Waals surface area contributed by atoms with Gasteiger partial charge in [-0.2, -0.15) is 0 Å². The van der Waals surface area contributed by atoms with E-state index in [9.17, 15) is 24.3 Å². The maximum Gasteiger partial charge on any atom is 0.372 e. The molecule has 5 nitrogen and oxygen atoms in total. The number of halogens is 2. The second-order valence-corrected chi connectivity index (χ2v) is 9.63. The van der Waals surface area contributed by atoms with Crippen LogP contribution in [0.5, 0.6) is 0 Å². The van der Waals surface area contributed by atoms with Gasteiger partial charge in [0.25, 0.3) is 0 Å². The third-order valence-corrected chi connectivity index (χ3v) is 8.22. The van der Waals surface area contributed by atoms with Gasteiger partial charge in [-0.25, -0.2) is 13.6 Å². The second-order valence-electron chi connectivity index (χ2n) is 9.63. The number of carbonyl (C=O) groups is 4. The Morgan fingerprint density at radius 3 is 2.45 bits per heavy atom. The summed E-state index contributed by atoms with van der Waals surface area (Å²) in [5, 5.41) is 9.26. The topological polar surface area (TPSA) is 88.5 Å². The summed E-state index contributed by atoms with van der Waals surface area (Å²) >= 11 is 0. The molecule has 8 atom stereocenters. The Kier molecular flexibility index (Phi) is 4.11. The van der Waals surface area contributed by atoms with Gasteiger partial charge in [-0.15, -0.1) is 0 Å². The summed E-state index contributed by atoms with van der Waals surface area (Å²) in [5.74, 6) is -6.46. The third kappa shape index (κ3) is 2.30. The van der Waals surface area contributed by atoms with Gasteiger partial charge in [-0.05, 0) is 54.7 Å². The highest BCUT2D eigenvalue weighted by Gasteiger charge is 2.73. The first kappa shape index (κ1) is 20.1. The molecule has 4 rings (SSSR count). The quantitative estimate of drug-likeness (QED) is 0.712. The predicted molar refractivity (Wildman–Crippen MR) is 98.3 cm³/mol. The number of alkyl halides is 2. The van der Waals surface area contributed by atoms with E-state index in [-0.39, 0.29) is 24.3 Å². The van der Waals surface area contributed by atoms with Crippen LogP contribution in [0.4, 0.5) is 8.78 Å². The normalized spacial score (nSPS) is 48.4. The number of aliphatic carboxylic acids is 1. The van der Waals surface area contributed by atoms with Crippen LogP contribution in [0.3, 0.4) is 0 Å². The average molecular weight is 406 g/mol. The lowest BCUT2D eigenvalue weighted by Crippen LogP contribution is -2.66. The van der Waals surface area contributed by atoms with Gasteiger partial charge in [0.05, 0.1) is 5.41 Å². The van der Waals surface area contributed by atoms with Crippen molar-refractivity contribution in [3.05, 3.63) is 23.8 Å². The van der Waals surface area contributed by atoms with Crippen molar-refractivity contribution in [2.75, 3.05) is 0 Å². The molecule has 0 amide bonds. The van der Waals surface area contributed by atoms with Crippen molar-refractivity contribution in [1.82, 2.24) is 0 Å². The van der Waals surface area contributed by atoms with Crippen LogP contribution in [0.25, 0.3) is 0 Å². The highest BCUT2D eigenvalue weighted by atomic mass is 19.1. The fourth-order valence-corrected chi connectivity index (χ4v) is 7.00. The van der Waals surface area contributed by atoms with Crippen LogP contribution in [0.15, 0.2) is 23.8 Å². The third-order valence-electron chi connectivity index (χ3n) is 8.22. The van der Waals surface area contributed by atoms with E-state index >= 15 is 8.78 Å². The lowest BCUT2D eigenvalue weighted by molar-refractivity contribution is -0.172. The molecule has 7 heteroatoms. The lowest BCUT2D eigenvalue weighted by atomic mass is 9.45. The van der Waals surface area contributed by atoms with E-state index < -0.39 is 63.7 Å². The predicted octanol–water partition coefficient (Wildman–Crippen LogP) is 3.03. The maximum atomic E-state index is 16.7. The van der Waals surface area contributed by atoms with Crippen molar-refractivity contribution in [1.29, 1.82) is 0 Å². The summed E-state index contributed by atoms with van der Waals surface area (Å²) in [5.41, 5.74) is -5.01. The van der Waals surface area contributed by atoms with Gasteiger partial charge in [0.1, 0.15) is 6.17 Å². The zero-order valence-corrected chi connectivity index (χ0v) is 16.6. The molecule has 0 aromatic rings. The largest absolute Gasteiger partial charge is 0.475 e. The van der Waals surface area contributed by atoms with Crippen molar-refractivity contribution < 1.29 is 33.1 Å². The van der Waals surface area contributed by atoms with Gasteiger partial charge in [0, 0.05) is 18.3 Å². The number of hydrogen-bond donors (Lipinski definition) is 1. The average Bonchev–Trinajstić information content (AvgIpc) is 2.89. The van der Waals surface area contributed by atoms with E-state index in [1.807, 2.05) is 0 Å². The standard InChI is InChI=1S/C22H24F2O5/c1-10-6-12-13-8-15(23)14-7-11(25)4-5-21(14,3)22(13,24)16(26)9-20(12,2)17(10)18(27)19(28)29/h4-5,7,10,12-13,15,17H,6,8-9H2,1-3H3,(H,28,29)/t10-,12+,13+,15+,17-,20+,21+,22+/m1/s1. The minimum atomic E-state index is -2.40. The van der Waals surface area contributed by atoms with E-state index in [0.717, 1.165) is 6.08 Å². The minimum absolute atomic E-state index is 0.00934. The summed E-state index contributed by atoms with van der Waals surface area (Å²) in [6, 6.07) is 0. The fourth-order valence-electron chi connectivity index (χ4n) is 7.00. The molecule has 0 unspecified atom stereocenters. The zero-order chi connectivity index (χ0) is 21.5. The molecule has 0 aliphatic heterocycles. The van der Waals surface area contributed by atoms with Crippen LogP contribution in [0.1, 0.15) is 40.0 Å². The van der Waals surface area contributed by atoms with Gasteiger partial charge >= 0.3 is 5.97 Å². The molecule has 156 valence electrons. The fraction of sp³-hybridized carbons (Fsp3) is 0.636. The molecule has 0 radical (unpaired) electrons. The van der Waals surface area contributed by atoms with Gasteiger partial charge in [0.2, 0.25) is 5.78 Å². The first-order valence-corrected chi connectivity index (χ1v) is 9.96. The van der Waals surface area contributed by atoms with Gasteiger partial charge < -0.3 is 5.11 Å². The molecule has 0 aromatic carbocycles. The number of rotatable bonds is 2. The van der Waals surface area contributed by atoms with E-state index in [1.165, 1.54) is 19.1 Å². The number of hydrogen-bond acceptors (Lipinski definition) is 4. The van der Waals surface area contributed by atoms with E-state index in [4.69, 9.17) is 0 Å². The van der Waals surface area contributed by atoms with Gasteiger partial charge in [-0.3, -0.25) is 14.4 Å². The summed E-state index contributed by atoms with van der Waals surface area (Å²) in [7, 11) is 0. The number of Topliss-reactive ketones (excluding diaryl/α,β-unsaturated/α-hetero) is 2. The Morgan fingerprint density at radius 1 is 1.17 bits per heavy atom. The summed E-state index contributed by atoms with van der Waals surface area (Å²) < 4.78 is 31.9. The number of ketones is 3. The monoisotopic (exact) mass is 406 g/mol. The first-order chi connectivity index (χ1) is 13.4. The Labute approximate surface area is 167 Å². The van der Waals surface area contributed by atoms with Crippen molar-refractivity contribution >= 4 is 23.3 Å². The van der Waals surface area contributed by atoms with E-state index in [0.29, 0.717) is 6.42 Å². The highest BCUT2D eigenvalue weighted by molar-refractivity contribution is 6.34. The number of fused-ring (bicyclic) bond motifs is 5. The molecule has 3 saturated carbocycles. The van der Waals surface area contributed by atoms with Crippen LogP contribution in [0, 0.1) is 34.5 Å². The molecule has 0 bridgehead atoms. The molecule has 0 aromatic heterocycles. The Morgan fingerprint density at radius 2 is 1.83 bits per heavy atom. The minimum Gasteiger partial charge on any atom is -0.475 e. The van der Waals surface area contributed by atoms with Gasteiger partial charge in [-0.1, -0.05) is 19.9 Å². The number of carbonyl (C=O) groups excluding carboxylic acids is 3. The maximum absolute atomic E-state index is 16.7. The van der Waals surface area contributed by atoms with Crippen LogP contribution in [0.2, 0.25) is 0 Å². The van der Waals surface area contributed by atoms with Crippen molar-refractivity contribution in [2.45, 2.75) is 51.9 Å². The van der Waals surface area contributed by atoms with Gasteiger partial charge in [0.15, 0.2) is 17.2 Å². The summed E-state index contributed by atoms with van der Waals surface area (Å²) in [4.78, 5) is 48.9. The Hall–Kier alpha value is -2.18. The zero-order valence-electron chi connectivity index (χ0n) is 16.6. The van der Waals surface area contributed by atoms with Crippen molar-refractivity contribution in [3.8, 4) is 0 Å². The molecule has 0 heterocycles. The number of carboxylic acid groups (broad SMARTS) is 1. The molecular weight excluding hydrogens is 382 g/mol. The molecule has 0 saturated heterocycles. The van der Waals surface area contributed by atoms with E-state index in [1.54, 1.807) is 13.8 Å². The van der Waals surface area contributed by atoms with Crippen LogP contribution < -0.4 is 0 Å². The highest BCUT2D eigenvalue weighted by Crippen LogP contribution is 2.69. The molecular formula is C22H24F2O5. The summed E-state index contributed by atoms with van der Waals surface area (Å²) in [6.07, 6.45) is 1.82. The van der Waals surface area contributed by atoms with Crippen LogP contribution >= 0.6 is 0 Å².